The lowest BCUT2D eigenvalue weighted by Gasteiger charge is -2.18. The van der Waals surface area contributed by atoms with E-state index >= 15 is 0 Å². The van der Waals surface area contributed by atoms with E-state index < -0.39 is 0 Å². The van der Waals surface area contributed by atoms with Crippen LogP contribution in [0.4, 0.5) is 10.2 Å². The van der Waals surface area contributed by atoms with Crippen molar-refractivity contribution in [3.8, 4) is 0 Å². The first-order valence-corrected chi connectivity index (χ1v) is 7.10. The highest BCUT2D eigenvalue weighted by atomic mass is 19.1. The number of aromatic nitrogens is 3. The molecule has 5 heteroatoms. The molecule has 0 aliphatic carbocycles. The van der Waals surface area contributed by atoms with E-state index in [0.29, 0.717) is 5.92 Å². The van der Waals surface area contributed by atoms with Crippen LogP contribution in [-0.2, 0) is 0 Å². The van der Waals surface area contributed by atoms with Gasteiger partial charge in [0.05, 0.1) is 6.20 Å². The van der Waals surface area contributed by atoms with Gasteiger partial charge in [0, 0.05) is 31.4 Å². The van der Waals surface area contributed by atoms with Crippen LogP contribution in [0.15, 0.2) is 48.9 Å². The number of benzene rings is 1. The van der Waals surface area contributed by atoms with E-state index in [4.69, 9.17) is 0 Å². The summed E-state index contributed by atoms with van der Waals surface area (Å²) in [6.45, 7) is 1.86. The minimum absolute atomic E-state index is 0.181. The lowest BCUT2D eigenvalue weighted by molar-refractivity contribution is 0.625. The summed E-state index contributed by atoms with van der Waals surface area (Å²) in [5.41, 5.74) is 2.22. The molecule has 3 heterocycles. The van der Waals surface area contributed by atoms with E-state index in [0.717, 1.165) is 30.8 Å². The second-order valence-corrected chi connectivity index (χ2v) is 5.40. The smallest absolute Gasteiger partial charge is 0.154 e. The monoisotopic (exact) mass is 282 g/mol. The summed E-state index contributed by atoms with van der Waals surface area (Å²) >= 11 is 0. The summed E-state index contributed by atoms with van der Waals surface area (Å²) < 4.78 is 14.9. The van der Waals surface area contributed by atoms with E-state index in [-0.39, 0.29) is 5.82 Å². The SMILES string of the molecule is Fc1ccc(C2CCN(c3nccn4nccc34)C2)cc1. The molecule has 2 aromatic heterocycles. The molecule has 3 aromatic rings. The molecule has 0 radical (unpaired) electrons. The van der Waals surface area contributed by atoms with Crippen LogP contribution in [0.1, 0.15) is 17.9 Å². The summed E-state index contributed by atoms with van der Waals surface area (Å²) in [4.78, 5) is 6.79. The van der Waals surface area contributed by atoms with Crippen molar-refractivity contribution in [2.24, 2.45) is 0 Å². The van der Waals surface area contributed by atoms with Crippen LogP contribution in [0.25, 0.3) is 5.52 Å². The maximum absolute atomic E-state index is 13.0. The van der Waals surface area contributed by atoms with E-state index in [2.05, 4.69) is 15.0 Å². The largest absolute Gasteiger partial charge is 0.354 e. The number of hydrogen-bond acceptors (Lipinski definition) is 3. The molecule has 1 saturated heterocycles. The second kappa shape index (κ2) is 4.84. The highest BCUT2D eigenvalue weighted by Crippen LogP contribution is 2.31. The highest BCUT2D eigenvalue weighted by molar-refractivity contribution is 5.68. The third kappa shape index (κ3) is 2.14. The Morgan fingerprint density at radius 1 is 1.10 bits per heavy atom. The van der Waals surface area contributed by atoms with Gasteiger partial charge >= 0.3 is 0 Å². The number of hydrogen-bond donors (Lipinski definition) is 0. The average Bonchev–Trinajstić information content (AvgIpc) is 3.16. The molecule has 1 fully saturated rings. The van der Waals surface area contributed by atoms with Gasteiger partial charge in [-0.15, -0.1) is 0 Å². The quantitative estimate of drug-likeness (QED) is 0.724. The molecule has 21 heavy (non-hydrogen) atoms. The zero-order chi connectivity index (χ0) is 14.2. The van der Waals surface area contributed by atoms with Crippen molar-refractivity contribution < 1.29 is 4.39 Å². The molecule has 1 aliphatic heterocycles. The van der Waals surface area contributed by atoms with Crippen LogP contribution in [0, 0.1) is 5.82 Å². The van der Waals surface area contributed by atoms with Gasteiger partial charge in [-0.2, -0.15) is 5.10 Å². The van der Waals surface area contributed by atoms with E-state index in [1.54, 1.807) is 12.4 Å². The van der Waals surface area contributed by atoms with Gasteiger partial charge in [-0.1, -0.05) is 12.1 Å². The van der Waals surface area contributed by atoms with Crippen LogP contribution in [0.3, 0.4) is 0 Å². The number of halogens is 1. The highest BCUT2D eigenvalue weighted by Gasteiger charge is 2.26. The molecular formula is C16H15FN4. The Hall–Kier alpha value is -2.43. The zero-order valence-electron chi connectivity index (χ0n) is 11.5. The first-order valence-electron chi connectivity index (χ1n) is 7.10. The molecule has 0 N–H and O–H groups in total. The van der Waals surface area contributed by atoms with Crippen molar-refractivity contribution in [1.82, 2.24) is 14.6 Å². The van der Waals surface area contributed by atoms with E-state index in [1.165, 1.54) is 17.7 Å². The molecule has 0 spiro atoms. The van der Waals surface area contributed by atoms with Gasteiger partial charge in [-0.3, -0.25) is 0 Å². The molecule has 106 valence electrons. The number of anilines is 1. The minimum atomic E-state index is -0.181. The summed E-state index contributed by atoms with van der Waals surface area (Å²) in [7, 11) is 0. The Labute approximate surface area is 121 Å². The van der Waals surface area contributed by atoms with Crippen LogP contribution < -0.4 is 4.90 Å². The van der Waals surface area contributed by atoms with Crippen molar-refractivity contribution in [2.45, 2.75) is 12.3 Å². The number of fused-ring (bicyclic) bond motifs is 1. The Morgan fingerprint density at radius 3 is 2.81 bits per heavy atom. The molecular weight excluding hydrogens is 267 g/mol. The van der Waals surface area contributed by atoms with Crippen molar-refractivity contribution >= 4 is 11.3 Å². The molecule has 0 saturated carbocycles. The van der Waals surface area contributed by atoms with Crippen molar-refractivity contribution in [3.63, 3.8) is 0 Å². The Balaban J connectivity index is 1.61. The molecule has 0 amide bonds. The maximum Gasteiger partial charge on any atom is 0.154 e. The van der Waals surface area contributed by atoms with Crippen molar-refractivity contribution in [1.29, 1.82) is 0 Å². The van der Waals surface area contributed by atoms with Gasteiger partial charge in [0.1, 0.15) is 11.3 Å². The first-order chi connectivity index (χ1) is 10.3. The normalized spacial score (nSPS) is 18.5. The van der Waals surface area contributed by atoms with Crippen molar-refractivity contribution in [3.05, 3.63) is 60.3 Å². The van der Waals surface area contributed by atoms with Gasteiger partial charge in [0.15, 0.2) is 5.82 Å². The molecule has 1 atom stereocenters. The van der Waals surface area contributed by atoms with Gasteiger partial charge in [0.2, 0.25) is 0 Å². The Bertz CT molecular complexity index is 765. The predicted molar refractivity (Wildman–Crippen MR) is 79.0 cm³/mol. The first kappa shape index (κ1) is 12.3. The molecule has 4 rings (SSSR count). The standard InChI is InChI=1S/C16H15FN4/c17-14-3-1-12(2-4-14)13-6-9-20(11-13)16-15-5-7-19-21(15)10-8-18-16/h1-5,7-8,10,13H,6,9,11H2. The van der Waals surface area contributed by atoms with E-state index in [1.807, 2.05) is 28.9 Å². The second-order valence-electron chi connectivity index (χ2n) is 5.40. The van der Waals surface area contributed by atoms with Gasteiger partial charge in [-0.05, 0) is 30.2 Å². The Morgan fingerprint density at radius 2 is 1.95 bits per heavy atom. The summed E-state index contributed by atoms with van der Waals surface area (Å²) in [6.07, 6.45) is 6.48. The molecule has 1 unspecified atom stereocenters. The number of rotatable bonds is 2. The summed E-state index contributed by atoms with van der Waals surface area (Å²) in [6, 6.07) is 8.82. The Kier molecular flexibility index (Phi) is 2.84. The van der Waals surface area contributed by atoms with Gasteiger partial charge in [0.25, 0.3) is 0 Å². The zero-order valence-corrected chi connectivity index (χ0v) is 11.5. The van der Waals surface area contributed by atoms with Crippen molar-refractivity contribution in [2.75, 3.05) is 18.0 Å². The predicted octanol–water partition coefficient (Wildman–Crippen LogP) is 2.86. The topological polar surface area (TPSA) is 33.4 Å². The van der Waals surface area contributed by atoms with Crippen LogP contribution in [0.5, 0.6) is 0 Å². The lowest BCUT2D eigenvalue weighted by Crippen LogP contribution is -2.21. The molecule has 1 aromatic carbocycles. The molecule has 0 bridgehead atoms. The van der Waals surface area contributed by atoms with Crippen LogP contribution in [0.2, 0.25) is 0 Å². The summed E-state index contributed by atoms with van der Waals surface area (Å²) in [5.74, 6) is 1.22. The third-order valence-electron chi connectivity index (χ3n) is 4.13. The maximum atomic E-state index is 13.0. The minimum Gasteiger partial charge on any atom is -0.354 e. The number of nitrogens with zero attached hydrogens (tertiary/aromatic N) is 4. The van der Waals surface area contributed by atoms with Gasteiger partial charge in [-0.25, -0.2) is 13.9 Å². The average molecular weight is 282 g/mol. The molecule has 4 nitrogen and oxygen atoms in total. The van der Waals surface area contributed by atoms with Gasteiger partial charge < -0.3 is 4.90 Å². The third-order valence-corrected chi connectivity index (χ3v) is 4.13. The fourth-order valence-corrected chi connectivity index (χ4v) is 3.05. The van der Waals surface area contributed by atoms with Crippen LogP contribution >= 0.6 is 0 Å². The molecule has 1 aliphatic rings. The summed E-state index contributed by atoms with van der Waals surface area (Å²) in [5, 5.41) is 4.25. The lowest BCUT2D eigenvalue weighted by atomic mass is 9.99. The fourth-order valence-electron chi connectivity index (χ4n) is 3.05. The van der Waals surface area contributed by atoms with E-state index in [9.17, 15) is 4.39 Å². The fraction of sp³-hybridized carbons (Fsp3) is 0.250. The van der Waals surface area contributed by atoms with Crippen LogP contribution in [-0.4, -0.2) is 27.7 Å².